The summed E-state index contributed by atoms with van der Waals surface area (Å²) in [6, 6.07) is 13.7. The lowest BCUT2D eigenvalue weighted by Gasteiger charge is -2.07. The summed E-state index contributed by atoms with van der Waals surface area (Å²) >= 11 is 1.61. The van der Waals surface area contributed by atoms with Gasteiger partial charge in [0.05, 0.1) is 18.1 Å². The lowest BCUT2D eigenvalue weighted by molar-refractivity contribution is -0.116. The number of fused-ring (bicyclic) bond motifs is 1. The highest BCUT2D eigenvalue weighted by Crippen LogP contribution is 2.30. The number of amides is 2. The second-order valence-corrected chi connectivity index (χ2v) is 8.37. The van der Waals surface area contributed by atoms with Crippen molar-refractivity contribution in [3.8, 4) is 0 Å². The largest absolute Gasteiger partial charge is 0.453 e. The van der Waals surface area contributed by atoms with Gasteiger partial charge >= 0.3 is 6.09 Å². The van der Waals surface area contributed by atoms with Crippen molar-refractivity contribution < 1.29 is 14.3 Å². The van der Waals surface area contributed by atoms with Crippen molar-refractivity contribution in [3.05, 3.63) is 42.5 Å². The van der Waals surface area contributed by atoms with E-state index in [0.717, 1.165) is 39.4 Å². The van der Waals surface area contributed by atoms with Crippen molar-refractivity contribution in [1.29, 1.82) is 0 Å². The van der Waals surface area contributed by atoms with Gasteiger partial charge in [-0.3, -0.25) is 10.1 Å². The zero-order valence-corrected chi connectivity index (χ0v) is 18.7. The molecule has 0 unspecified atom stereocenters. The molecule has 31 heavy (non-hydrogen) atoms. The number of methoxy groups -OCH3 is 1. The van der Waals surface area contributed by atoms with Crippen molar-refractivity contribution >= 4 is 46.4 Å². The lowest BCUT2D eigenvalue weighted by atomic mass is 10.1. The molecular formula is C23H28N4O3S. The third-order valence-corrected chi connectivity index (χ3v) is 5.74. The number of anilines is 2. The summed E-state index contributed by atoms with van der Waals surface area (Å²) in [4.78, 5) is 32.9. The molecule has 3 N–H and O–H groups in total. The first-order valence-corrected chi connectivity index (χ1v) is 11.3. The van der Waals surface area contributed by atoms with Gasteiger partial charge < -0.3 is 15.0 Å². The molecule has 0 aliphatic heterocycles. The highest BCUT2D eigenvalue weighted by Gasteiger charge is 2.08. The Morgan fingerprint density at radius 3 is 2.48 bits per heavy atom. The highest BCUT2D eigenvalue weighted by molar-refractivity contribution is 7.99. The quantitative estimate of drug-likeness (QED) is 0.327. The maximum absolute atomic E-state index is 12.1. The van der Waals surface area contributed by atoms with Crippen molar-refractivity contribution in [2.24, 2.45) is 0 Å². The Kier molecular flexibility index (Phi) is 8.35. The fourth-order valence-electron chi connectivity index (χ4n) is 3.11. The van der Waals surface area contributed by atoms with E-state index in [1.54, 1.807) is 11.8 Å². The van der Waals surface area contributed by atoms with Crippen LogP contribution in [0, 0.1) is 0 Å². The van der Waals surface area contributed by atoms with Crippen LogP contribution < -0.4 is 10.6 Å². The molecule has 0 bridgehead atoms. The number of hydrogen-bond acceptors (Lipinski definition) is 5. The number of benzene rings is 2. The number of H-pyrrole nitrogens is 1. The summed E-state index contributed by atoms with van der Waals surface area (Å²) < 4.78 is 4.58. The number of hydrogen-bond donors (Lipinski definition) is 3. The molecule has 3 aromatic rings. The molecule has 0 aliphatic rings. The Balaban J connectivity index is 1.53. The Labute approximate surface area is 186 Å². The van der Waals surface area contributed by atoms with E-state index in [1.807, 2.05) is 42.5 Å². The molecule has 0 spiro atoms. The van der Waals surface area contributed by atoms with Gasteiger partial charge in [0.1, 0.15) is 0 Å². The van der Waals surface area contributed by atoms with Crippen LogP contribution in [-0.4, -0.2) is 29.1 Å². The molecule has 0 saturated carbocycles. The van der Waals surface area contributed by atoms with Crippen LogP contribution in [0.2, 0.25) is 0 Å². The maximum Gasteiger partial charge on any atom is 0.413 e. The molecular weight excluding hydrogens is 412 g/mol. The maximum atomic E-state index is 12.1. The van der Waals surface area contributed by atoms with Gasteiger partial charge in [-0.2, -0.15) is 0 Å². The fraction of sp³-hybridized carbons (Fsp3) is 0.348. The molecule has 164 valence electrons. The molecule has 0 atom stereocenters. The van der Waals surface area contributed by atoms with E-state index < -0.39 is 6.09 Å². The summed E-state index contributed by atoms with van der Waals surface area (Å²) in [7, 11) is 1.30. The van der Waals surface area contributed by atoms with Gasteiger partial charge in [-0.05, 0) is 48.9 Å². The average Bonchev–Trinajstić information content (AvgIpc) is 3.16. The van der Waals surface area contributed by atoms with Crippen LogP contribution in [0.3, 0.4) is 0 Å². The number of rotatable bonds is 10. The van der Waals surface area contributed by atoms with Crippen LogP contribution in [0.5, 0.6) is 0 Å². The smallest absolute Gasteiger partial charge is 0.413 e. The topological polar surface area (TPSA) is 96.1 Å². The second kappa shape index (κ2) is 11.4. The van der Waals surface area contributed by atoms with Crippen molar-refractivity contribution in [3.63, 3.8) is 0 Å². The third-order valence-electron chi connectivity index (χ3n) is 4.74. The minimum atomic E-state index is -0.572. The second-order valence-electron chi connectivity index (χ2n) is 7.22. The molecule has 0 saturated heterocycles. The number of aromatic amines is 1. The normalized spacial score (nSPS) is 10.8. The average molecular weight is 441 g/mol. The first kappa shape index (κ1) is 22.7. The molecule has 3 rings (SSSR count). The number of imidazole rings is 1. The zero-order chi connectivity index (χ0) is 22.1. The SMILES string of the molecule is CCCCCCCC(=O)Nc1ccc(Sc2ccc3nc(NC(=O)OC)[nH]c3c2)cc1. The van der Waals surface area contributed by atoms with Crippen LogP contribution in [0.1, 0.15) is 45.4 Å². The minimum Gasteiger partial charge on any atom is -0.453 e. The van der Waals surface area contributed by atoms with E-state index in [1.165, 1.54) is 26.4 Å². The van der Waals surface area contributed by atoms with Gasteiger partial charge in [0.25, 0.3) is 0 Å². The number of ether oxygens (including phenoxy) is 1. The van der Waals surface area contributed by atoms with Crippen molar-refractivity contribution in [2.75, 3.05) is 17.7 Å². The fourth-order valence-corrected chi connectivity index (χ4v) is 3.97. The molecule has 0 fully saturated rings. The molecule has 0 aliphatic carbocycles. The van der Waals surface area contributed by atoms with E-state index in [4.69, 9.17) is 0 Å². The standard InChI is InChI=1S/C23H28N4O3S/c1-3-4-5-6-7-8-21(28)24-16-9-11-17(12-10-16)31-18-13-14-19-20(15-18)26-22(25-19)27-23(29)30-2/h9-15H,3-8H2,1-2H3,(H,24,28)(H2,25,26,27,29). The molecule has 1 aromatic heterocycles. The summed E-state index contributed by atoms with van der Waals surface area (Å²) in [6.07, 6.45) is 5.68. The van der Waals surface area contributed by atoms with Crippen LogP contribution in [0.15, 0.2) is 52.3 Å². The number of nitrogens with one attached hydrogen (secondary N) is 3. The summed E-state index contributed by atoms with van der Waals surface area (Å²) in [6.45, 7) is 2.19. The summed E-state index contributed by atoms with van der Waals surface area (Å²) in [5.74, 6) is 0.410. The number of carbonyl (C=O) groups excluding carboxylic acids is 2. The van der Waals surface area contributed by atoms with Crippen molar-refractivity contribution in [1.82, 2.24) is 9.97 Å². The van der Waals surface area contributed by atoms with Gasteiger partial charge in [-0.1, -0.05) is 44.4 Å². The first-order chi connectivity index (χ1) is 15.1. The predicted octanol–water partition coefficient (Wildman–Crippen LogP) is 6.19. The van der Waals surface area contributed by atoms with E-state index in [-0.39, 0.29) is 5.91 Å². The van der Waals surface area contributed by atoms with Gasteiger partial charge in [0, 0.05) is 21.9 Å². The predicted molar refractivity (Wildman–Crippen MR) is 125 cm³/mol. The number of nitrogens with zero attached hydrogens (tertiary/aromatic N) is 1. The Morgan fingerprint density at radius 2 is 1.74 bits per heavy atom. The molecule has 1 heterocycles. The molecule has 2 aromatic carbocycles. The first-order valence-electron chi connectivity index (χ1n) is 10.5. The van der Waals surface area contributed by atoms with E-state index in [2.05, 4.69) is 32.3 Å². The van der Waals surface area contributed by atoms with Crippen LogP contribution in [0.4, 0.5) is 16.4 Å². The Bertz CT molecular complexity index is 1020. The Hall–Kier alpha value is -3.00. The molecule has 2 amide bonds. The Morgan fingerprint density at radius 1 is 1.00 bits per heavy atom. The van der Waals surface area contributed by atoms with Crippen molar-refractivity contribution in [2.45, 2.75) is 55.2 Å². The summed E-state index contributed by atoms with van der Waals surface area (Å²) in [5.41, 5.74) is 2.38. The summed E-state index contributed by atoms with van der Waals surface area (Å²) in [5, 5.41) is 5.49. The minimum absolute atomic E-state index is 0.0676. The molecule has 7 nitrogen and oxygen atoms in total. The zero-order valence-electron chi connectivity index (χ0n) is 17.9. The van der Waals surface area contributed by atoms with Gasteiger partial charge in [0.2, 0.25) is 11.9 Å². The van der Waals surface area contributed by atoms with E-state index in [0.29, 0.717) is 12.4 Å². The van der Waals surface area contributed by atoms with E-state index in [9.17, 15) is 9.59 Å². The number of carbonyl (C=O) groups is 2. The molecule has 0 radical (unpaired) electrons. The van der Waals surface area contributed by atoms with Crippen LogP contribution >= 0.6 is 11.8 Å². The third kappa shape index (κ3) is 7.03. The van der Waals surface area contributed by atoms with Crippen LogP contribution in [-0.2, 0) is 9.53 Å². The monoisotopic (exact) mass is 440 g/mol. The number of aromatic nitrogens is 2. The van der Waals surface area contributed by atoms with Gasteiger partial charge in [-0.15, -0.1) is 0 Å². The molecule has 8 heteroatoms. The van der Waals surface area contributed by atoms with Crippen LogP contribution in [0.25, 0.3) is 11.0 Å². The van der Waals surface area contributed by atoms with E-state index >= 15 is 0 Å². The van der Waals surface area contributed by atoms with Gasteiger partial charge in [-0.25, -0.2) is 9.78 Å². The number of unbranched alkanes of at least 4 members (excludes halogenated alkanes) is 4. The van der Waals surface area contributed by atoms with Gasteiger partial charge in [0.15, 0.2) is 0 Å². The highest BCUT2D eigenvalue weighted by atomic mass is 32.2. The lowest BCUT2D eigenvalue weighted by Crippen LogP contribution is -2.11.